The zero-order chi connectivity index (χ0) is 72.9. The number of carboxylic acid groups (broad SMARTS) is 2. The Kier molecular flexibility index (Phi) is 18.5. The Hall–Kier alpha value is -13.9. The molecule has 0 bridgehead atoms. The summed E-state index contributed by atoms with van der Waals surface area (Å²) in [6.45, 7) is 3.33. The molecule has 16 heteroatoms. The number of fused-ring (bicyclic) bond motifs is 8. The maximum atomic E-state index is 13.7. The molecule has 0 aromatic heterocycles. The standard InChI is InChI=1S/C46H34O7.C25H20N2.C17H6O7.CH4/c1-3-28-12-18-32(19-13-28)46(40-10-6-4-8-34(40)35-9-5-7-11-41(35)46)33-20-14-29(15-21-33)24-42(48)36-22-16-31(26-39(36)45(52)53)43(49)30-17-23-37(44(50)51)38(25-30)27(2)47;26-19-13-9-17(10-14-19)25(18-11-15-20(27)16-12-18)23-7-3-1-5-21(23)22-6-2-4-8-24(22)25;18-13(7-1-3-9-11(5-7)16(21)23-14(9)19)8-2-4-10-12(6-8)17(22)24-15(10)20;/h4-23,25-26H,3,24H2,1-2H3,(H,50,51)(H,52,53);1-16H,26-27H2;1-6H;1H4. The van der Waals surface area contributed by atoms with Crippen molar-refractivity contribution >= 4 is 70.3 Å². The molecule has 0 radical (unpaired) electrons. The molecule has 16 nitrogen and oxygen atoms in total. The summed E-state index contributed by atoms with van der Waals surface area (Å²) in [6, 6.07) is 82.8. The second-order valence-electron chi connectivity index (χ2n) is 25.5. The average Bonchev–Trinajstić information content (AvgIpc) is 1.56. The van der Waals surface area contributed by atoms with Crippen LogP contribution in [0.4, 0.5) is 11.4 Å². The van der Waals surface area contributed by atoms with Crippen LogP contribution in [0.5, 0.6) is 0 Å². The molecule has 514 valence electrons. The van der Waals surface area contributed by atoms with Crippen LogP contribution in [0.25, 0.3) is 22.3 Å². The second-order valence-corrected chi connectivity index (χ2v) is 25.5. The molecule has 16 rings (SSSR count). The monoisotopic (exact) mass is 1380 g/mol. The number of carboxylic acids is 2. The van der Waals surface area contributed by atoms with E-state index in [-0.39, 0.29) is 86.0 Å². The number of Topliss-reactive ketones (excluding diaryl/α,β-unsaturated/α-hetero) is 2. The minimum atomic E-state index is -1.38. The van der Waals surface area contributed by atoms with E-state index in [1.54, 1.807) is 0 Å². The van der Waals surface area contributed by atoms with Crippen molar-refractivity contribution in [2.24, 2.45) is 0 Å². The molecule has 0 saturated heterocycles. The number of ether oxygens (including phenoxy) is 2. The van der Waals surface area contributed by atoms with E-state index in [2.05, 4.69) is 162 Å². The van der Waals surface area contributed by atoms with Gasteiger partial charge >= 0.3 is 35.8 Å². The summed E-state index contributed by atoms with van der Waals surface area (Å²) in [4.78, 5) is 122. The minimum Gasteiger partial charge on any atom is -0.478 e. The van der Waals surface area contributed by atoms with Crippen molar-refractivity contribution in [2.45, 2.75) is 44.9 Å². The topological polar surface area (TPSA) is 282 Å². The maximum Gasteiger partial charge on any atom is 0.346 e. The third-order valence-corrected chi connectivity index (χ3v) is 19.7. The third-order valence-electron chi connectivity index (χ3n) is 19.7. The number of carbonyl (C=O) groups excluding carboxylic acids is 8. The van der Waals surface area contributed by atoms with Gasteiger partial charge in [0.1, 0.15) is 0 Å². The number of ketones is 4. The van der Waals surface area contributed by atoms with Crippen LogP contribution in [-0.2, 0) is 33.1 Å². The Labute approximate surface area is 602 Å². The van der Waals surface area contributed by atoms with Crippen LogP contribution < -0.4 is 11.5 Å². The lowest BCUT2D eigenvalue weighted by Crippen LogP contribution is -2.28. The molecule has 12 aromatic rings. The van der Waals surface area contributed by atoms with Crippen LogP contribution in [0.2, 0.25) is 0 Å². The Bertz CT molecular complexity index is 5440. The number of rotatable bonds is 15. The first kappa shape index (κ1) is 69.6. The van der Waals surface area contributed by atoms with Crippen LogP contribution >= 0.6 is 0 Å². The molecule has 6 N–H and O–H groups in total. The van der Waals surface area contributed by atoms with E-state index in [1.165, 1.54) is 135 Å². The number of benzene rings is 12. The summed E-state index contributed by atoms with van der Waals surface area (Å²) in [5.74, 6) is -7.87. The average molecular weight is 1390 g/mol. The van der Waals surface area contributed by atoms with Gasteiger partial charge in [-0.2, -0.15) is 0 Å². The number of carbonyl (C=O) groups is 10. The van der Waals surface area contributed by atoms with Crippen LogP contribution in [0.3, 0.4) is 0 Å². The van der Waals surface area contributed by atoms with E-state index in [9.17, 15) is 58.2 Å². The van der Waals surface area contributed by atoms with Crippen LogP contribution in [0.1, 0.15) is 192 Å². The van der Waals surface area contributed by atoms with Gasteiger partial charge < -0.3 is 31.2 Å². The number of anilines is 2. The summed E-state index contributed by atoms with van der Waals surface area (Å²) in [5, 5.41) is 19.5. The lowest BCUT2D eigenvalue weighted by Gasteiger charge is -2.34. The SMILES string of the molecule is C.CCc1ccc(C2(c3ccc(CC(=O)c4ccc(C(=O)c5ccc(C(=O)O)c(C(C)=O)c5)cc4C(=O)O)cc3)c3ccccc3-c3ccccc32)cc1.Nc1ccc(C2(c3ccc(N)cc3)c3ccccc3-c3ccccc32)cc1.O=C(c1ccc2c(c1)C(=O)OC2=O)c1ccc2c(c1)C(=O)OC2=O. The Morgan fingerprint density at radius 3 is 1.02 bits per heavy atom. The minimum absolute atomic E-state index is 0. The molecule has 2 aliphatic carbocycles. The molecule has 0 atom stereocenters. The summed E-state index contributed by atoms with van der Waals surface area (Å²) in [7, 11) is 0. The van der Waals surface area contributed by atoms with Crippen molar-refractivity contribution in [1.29, 1.82) is 0 Å². The fourth-order valence-corrected chi connectivity index (χ4v) is 14.7. The zero-order valence-electron chi connectivity index (χ0n) is 55.8. The van der Waals surface area contributed by atoms with Crippen molar-refractivity contribution in [2.75, 3.05) is 11.5 Å². The lowest BCUT2D eigenvalue weighted by atomic mass is 9.67. The molecule has 0 unspecified atom stereocenters. The van der Waals surface area contributed by atoms with Gasteiger partial charge in [0.15, 0.2) is 23.1 Å². The van der Waals surface area contributed by atoms with Gasteiger partial charge in [-0.1, -0.05) is 208 Å². The third kappa shape index (κ3) is 12.1. The number of cyclic esters (lactones) is 4. The smallest absolute Gasteiger partial charge is 0.346 e. The van der Waals surface area contributed by atoms with Gasteiger partial charge in [0.25, 0.3) is 0 Å². The summed E-state index contributed by atoms with van der Waals surface area (Å²) in [5.41, 5.74) is 28.7. The van der Waals surface area contributed by atoms with Gasteiger partial charge in [-0.25, -0.2) is 28.8 Å². The Morgan fingerprint density at radius 1 is 0.343 bits per heavy atom. The van der Waals surface area contributed by atoms with Crippen molar-refractivity contribution in [3.05, 3.63) is 389 Å². The van der Waals surface area contributed by atoms with Crippen LogP contribution in [0.15, 0.2) is 267 Å². The van der Waals surface area contributed by atoms with E-state index >= 15 is 0 Å². The molecular formula is C89H64N2O14. The second kappa shape index (κ2) is 27.9. The van der Waals surface area contributed by atoms with Crippen LogP contribution in [0, 0.1) is 0 Å². The summed E-state index contributed by atoms with van der Waals surface area (Å²) in [6.07, 6.45) is 0.855. The largest absolute Gasteiger partial charge is 0.478 e. The molecule has 4 aliphatic rings. The van der Waals surface area contributed by atoms with Gasteiger partial charge in [0.05, 0.1) is 44.2 Å². The van der Waals surface area contributed by atoms with Gasteiger partial charge in [0.2, 0.25) is 0 Å². The fraction of sp³-hybridized carbons (Fsp3) is 0.0787. The highest BCUT2D eigenvalue weighted by Crippen LogP contribution is 2.58. The summed E-state index contributed by atoms with van der Waals surface area (Å²) < 4.78 is 8.94. The van der Waals surface area contributed by atoms with Crippen molar-refractivity contribution < 1.29 is 67.6 Å². The fourth-order valence-electron chi connectivity index (χ4n) is 14.7. The predicted octanol–water partition coefficient (Wildman–Crippen LogP) is 16.3. The number of aromatic carboxylic acids is 2. The molecule has 2 aliphatic heterocycles. The van der Waals surface area contributed by atoms with E-state index in [1.807, 2.05) is 48.5 Å². The van der Waals surface area contributed by atoms with E-state index in [4.69, 9.17) is 11.5 Å². The van der Waals surface area contributed by atoms with Crippen LogP contribution in [-0.4, -0.2) is 69.2 Å². The van der Waals surface area contributed by atoms with Crippen molar-refractivity contribution in [3.8, 4) is 22.3 Å². The number of esters is 4. The van der Waals surface area contributed by atoms with Gasteiger partial charge in [-0.15, -0.1) is 0 Å². The van der Waals surface area contributed by atoms with E-state index < -0.39 is 64.4 Å². The lowest BCUT2D eigenvalue weighted by molar-refractivity contribution is 0.0425. The zero-order valence-corrected chi connectivity index (χ0v) is 55.8. The predicted molar refractivity (Wildman–Crippen MR) is 397 cm³/mol. The van der Waals surface area contributed by atoms with Gasteiger partial charge in [0, 0.05) is 51.2 Å². The van der Waals surface area contributed by atoms with Gasteiger partial charge in [-0.05, 0) is 164 Å². The molecule has 0 fully saturated rings. The Morgan fingerprint density at radius 2 is 0.657 bits per heavy atom. The molecule has 0 saturated carbocycles. The first-order valence-electron chi connectivity index (χ1n) is 33.2. The number of nitrogens with two attached hydrogens (primary N) is 2. The number of hydrogen-bond donors (Lipinski definition) is 4. The summed E-state index contributed by atoms with van der Waals surface area (Å²) >= 11 is 0. The molecule has 12 aromatic carbocycles. The molecule has 105 heavy (non-hydrogen) atoms. The number of nitrogen functional groups attached to an aromatic ring is 2. The van der Waals surface area contributed by atoms with E-state index in [0.29, 0.717) is 5.56 Å². The van der Waals surface area contributed by atoms with E-state index in [0.717, 1.165) is 35.0 Å². The first-order chi connectivity index (χ1) is 50.2. The highest BCUT2D eigenvalue weighted by Gasteiger charge is 2.48. The molecule has 0 amide bonds. The highest BCUT2D eigenvalue weighted by molar-refractivity contribution is 6.20. The molecular weight excluding hydrogens is 1320 g/mol. The molecule has 0 spiro atoms. The maximum absolute atomic E-state index is 13.7. The highest BCUT2D eigenvalue weighted by atomic mass is 16.6. The van der Waals surface area contributed by atoms with Crippen molar-refractivity contribution in [1.82, 2.24) is 0 Å². The van der Waals surface area contributed by atoms with Gasteiger partial charge in [-0.3, -0.25) is 19.2 Å². The first-order valence-corrected chi connectivity index (χ1v) is 33.2. The molecule has 2 heterocycles. The number of aryl methyl sites for hydroxylation is 1. The number of hydrogen-bond acceptors (Lipinski definition) is 14. The quantitative estimate of drug-likeness (QED) is 0.0321. The van der Waals surface area contributed by atoms with Crippen molar-refractivity contribution in [3.63, 3.8) is 0 Å². The normalized spacial score (nSPS) is 13.2. The Balaban J connectivity index is 0.000000156.